The summed E-state index contributed by atoms with van der Waals surface area (Å²) in [7, 11) is 0. The lowest BCUT2D eigenvalue weighted by atomic mass is 10.0. The van der Waals surface area contributed by atoms with Crippen LogP contribution in [0.4, 0.5) is 0 Å². The van der Waals surface area contributed by atoms with E-state index < -0.39 is 0 Å². The number of aliphatic hydroxyl groups is 1. The molecular weight excluding hydrogens is 504 g/mol. The molecule has 1 atom stereocenters. The maximum Gasteiger partial charge on any atom is 0.162 e. The van der Waals surface area contributed by atoms with Crippen LogP contribution in [0.25, 0.3) is 0 Å². The molecule has 2 aromatic carbocycles. The fourth-order valence-corrected chi connectivity index (χ4v) is 3.28. The van der Waals surface area contributed by atoms with Crippen molar-refractivity contribution >= 4 is 37.6 Å². The minimum Gasteiger partial charge on any atom is -0.388 e. The summed E-state index contributed by atoms with van der Waals surface area (Å²) in [6.07, 6.45) is 8.07. The summed E-state index contributed by atoms with van der Waals surface area (Å²) in [6, 6.07) is 15.5. The van der Waals surface area contributed by atoms with Gasteiger partial charge in [-0.15, -0.1) is 0 Å². The van der Waals surface area contributed by atoms with Crippen LogP contribution in [0.15, 0.2) is 57.5 Å². The van der Waals surface area contributed by atoms with E-state index in [0.717, 1.165) is 52.2 Å². The molecule has 0 bridgehead atoms. The number of ketones is 1. The quantitative estimate of drug-likeness (QED) is 0.239. The number of aliphatic hydroxyl groups excluding tert-OH is 1. The van der Waals surface area contributed by atoms with Crippen LogP contribution in [0.3, 0.4) is 0 Å². The summed E-state index contributed by atoms with van der Waals surface area (Å²) in [5.41, 5.74) is 1.84. The summed E-state index contributed by atoms with van der Waals surface area (Å²) in [4.78, 5) is 11.6. The maximum absolute atomic E-state index is 11.6. The molecule has 0 amide bonds. The lowest BCUT2D eigenvalue weighted by Gasteiger charge is -2.10. The molecule has 0 radical (unpaired) electrons. The van der Waals surface area contributed by atoms with Gasteiger partial charge in [0, 0.05) is 20.9 Å². The molecule has 0 heterocycles. The SMILES string of the molecule is C.C.CCCCCC(=O)c1ccc(Br)cc1.CCCCC[C@H](O)c1ccc(Br)cc1. The molecule has 0 aliphatic carbocycles. The van der Waals surface area contributed by atoms with Crippen LogP contribution in [0.1, 0.15) is 102 Å². The monoisotopic (exact) mass is 542 g/mol. The molecule has 0 spiro atoms. The smallest absolute Gasteiger partial charge is 0.162 e. The van der Waals surface area contributed by atoms with Gasteiger partial charge in [-0.3, -0.25) is 4.79 Å². The molecular formula is C26H40Br2O2. The van der Waals surface area contributed by atoms with Crippen LogP contribution in [-0.4, -0.2) is 10.9 Å². The number of rotatable bonds is 10. The molecule has 0 aliphatic rings. The second-order valence-electron chi connectivity index (χ2n) is 6.95. The van der Waals surface area contributed by atoms with Crippen LogP contribution in [0.5, 0.6) is 0 Å². The van der Waals surface area contributed by atoms with Gasteiger partial charge in [-0.05, 0) is 42.7 Å². The van der Waals surface area contributed by atoms with Crippen LogP contribution < -0.4 is 0 Å². The number of hydrogen-bond acceptors (Lipinski definition) is 2. The number of carbonyl (C=O) groups excluding carboxylic acids is 1. The third-order valence-electron chi connectivity index (χ3n) is 4.51. The van der Waals surface area contributed by atoms with Crippen LogP contribution >= 0.6 is 31.9 Å². The summed E-state index contributed by atoms with van der Waals surface area (Å²) < 4.78 is 2.07. The largest absolute Gasteiger partial charge is 0.388 e. The van der Waals surface area contributed by atoms with Gasteiger partial charge < -0.3 is 5.11 Å². The minimum absolute atomic E-state index is 0. The van der Waals surface area contributed by atoms with Crippen molar-refractivity contribution in [2.45, 2.75) is 86.2 Å². The van der Waals surface area contributed by atoms with Crippen LogP contribution in [-0.2, 0) is 0 Å². The predicted octanol–water partition coefficient (Wildman–Crippen LogP) is 9.55. The first-order valence-corrected chi connectivity index (χ1v) is 11.8. The lowest BCUT2D eigenvalue weighted by molar-refractivity contribution is 0.0979. The summed E-state index contributed by atoms with van der Waals surface area (Å²) in [5.74, 6) is 0.256. The maximum atomic E-state index is 11.6. The van der Waals surface area contributed by atoms with E-state index in [2.05, 4.69) is 45.7 Å². The van der Waals surface area contributed by atoms with E-state index in [9.17, 15) is 9.90 Å². The topological polar surface area (TPSA) is 37.3 Å². The summed E-state index contributed by atoms with van der Waals surface area (Å²) in [5, 5.41) is 9.82. The molecule has 4 heteroatoms. The Labute approximate surface area is 201 Å². The van der Waals surface area contributed by atoms with Crippen molar-refractivity contribution in [3.8, 4) is 0 Å². The normalized spacial score (nSPS) is 10.7. The highest BCUT2D eigenvalue weighted by Crippen LogP contribution is 2.21. The Bertz CT molecular complexity index is 666. The molecule has 1 N–H and O–H groups in total. The highest BCUT2D eigenvalue weighted by Gasteiger charge is 2.06. The van der Waals surface area contributed by atoms with Crippen molar-refractivity contribution in [3.63, 3.8) is 0 Å². The highest BCUT2D eigenvalue weighted by molar-refractivity contribution is 9.10. The number of benzene rings is 2. The number of Topliss-reactive ketones (excluding diaryl/α,β-unsaturated/α-hetero) is 1. The Morgan fingerprint density at radius 2 is 1.27 bits per heavy atom. The van der Waals surface area contributed by atoms with E-state index in [1.54, 1.807) is 0 Å². The molecule has 0 aliphatic heterocycles. The molecule has 170 valence electrons. The third kappa shape index (κ3) is 13.4. The van der Waals surface area contributed by atoms with E-state index in [1.807, 2.05) is 48.5 Å². The first kappa shape index (κ1) is 31.2. The molecule has 2 aromatic rings. The number of carbonyl (C=O) groups is 1. The zero-order valence-corrected chi connectivity index (χ0v) is 20.1. The molecule has 30 heavy (non-hydrogen) atoms. The van der Waals surface area contributed by atoms with Gasteiger partial charge in [-0.1, -0.05) is 117 Å². The molecule has 0 fully saturated rings. The average molecular weight is 544 g/mol. The summed E-state index contributed by atoms with van der Waals surface area (Å²) in [6.45, 7) is 4.32. The average Bonchev–Trinajstić information content (AvgIpc) is 2.70. The van der Waals surface area contributed by atoms with Gasteiger partial charge in [0.1, 0.15) is 0 Å². The van der Waals surface area contributed by atoms with E-state index in [1.165, 1.54) is 12.8 Å². The fraction of sp³-hybridized carbons (Fsp3) is 0.500. The van der Waals surface area contributed by atoms with Gasteiger partial charge in [0.05, 0.1) is 6.10 Å². The van der Waals surface area contributed by atoms with Crippen molar-refractivity contribution in [2.24, 2.45) is 0 Å². The van der Waals surface area contributed by atoms with E-state index in [0.29, 0.717) is 6.42 Å². The Hall–Kier alpha value is -0.970. The molecule has 0 saturated carbocycles. The van der Waals surface area contributed by atoms with Crippen LogP contribution in [0, 0.1) is 0 Å². The first-order chi connectivity index (χ1) is 13.5. The predicted molar refractivity (Wildman–Crippen MR) is 139 cm³/mol. The summed E-state index contributed by atoms with van der Waals surface area (Å²) >= 11 is 6.72. The zero-order chi connectivity index (χ0) is 20.8. The fourth-order valence-electron chi connectivity index (χ4n) is 2.75. The number of unbranched alkanes of at least 4 members (excludes halogenated alkanes) is 4. The van der Waals surface area contributed by atoms with Crippen molar-refractivity contribution in [3.05, 3.63) is 68.6 Å². The van der Waals surface area contributed by atoms with Gasteiger partial charge in [-0.25, -0.2) is 0 Å². The molecule has 0 aromatic heterocycles. The van der Waals surface area contributed by atoms with Gasteiger partial charge in [0.2, 0.25) is 0 Å². The van der Waals surface area contributed by atoms with Crippen molar-refractivity contribution < 1.29 is 9.90 Å². The number of hydrogen-bond donors (Lipinski definition) is 1. The third-order valence-corrected chi connectivity index (χ3v) is 5.57. The van der Waals surface area contributed by atoms with Gasteiger partial charge in [0.25, 0.3) is 0 Å². The molecule has 0 unspecified atom stereocenters. The lowest BCUT2D eigenvalue weighted by Crippen LogP contribution is -1.98. The van der Waals surface area contributed by atoms with Crippen molar-refractivity contribution in [1.29, 1.82) is 0 Å². The highest BCUT2D eigenvalue weighted by atomic mass is 79.9. The van der Waals surface area contributed by atoms with Gasteiger partial charge >= 0.3 is 0 Å². The van der Waals surface area contributed by atoms with Crippen LogP contribution in [0.2, 0.25) is 0 Å². The molecule has 0 saturated heterocycles. The molecule has 2 rings (SSSR count). The van der Waals surface area contributed by atoms with Crippen molar-refractivity contribution in [2.75, 3.05) is 0 Å². The standard InChI is InChI=1S/C12H17BrO.C12H15BrO.2CH4/c2*1-2-3-4-5-12(14)10-6-8-11(13)9-7-10;;/h6-9,12,14H,2-5H2,1H3;6-9H,2-5H2,1H3;2*1H4/t12-;;;/m0.../s1. The van der Waals surface area contributed by atoms with Gasteiger partial charge in [-0.2, -0.15) is 0 Å². The van der Waals surface area contributed by atoms with E-state index in [-0.39, 0.29) is 26.7 Å². The van der Waals surface area contributed by atoms with Gasteiger partial charge in [0.15, 0.2) is 5.78 Å². The zero-order valence-electron chi connectivity index (χ0n) is 17.0. The molecule has 2 nitrogen and oxygen atoms in total. The van der Waals surface area contributed by atoms with Crippen molar-refractivity contribution in [1.82, 2.24) is 0 Å². The Morgan fingerprint density at radius 3 is 1.77 bits per heavy atom. The Morgan fingerprint density at radius 1 is 0.800 bits per heavy atom. The number of halogens is 2. The second-order valence-corrected chi connectivity index (χ2v) is 8.78. The minimum atomic E-state index is -0.297. The second kappa shape index (κ2) is 18.8. The Balaban J connectivity index is 0. The Kier molecular flexibility index (Phi) is 19.5. The van der Waals surface area contributed by atoms with E-state index in [4.69, 9.17) is 0 Å². The van der Waals surface area contributed by atoms with E-state index >= 15 is 0 Å². The first-order valence-electron chi connectivity index (χ1n) is 10.2.